The fraction of sp³-hybridized carbons (Fsp3) is 0.300. The number of sulfone groups is 1. The van der Waals surface area contributed by atoms with Gasteiger partial charge in [-0.25, -0.2) is 13.4 Å². The SMILES string of the molecule is O=C(CCS(=O)(=O)c1ccccc1)N1CCC[C@@H]1c1nc2ccccc2s1. The Kier molecular flexibility index (Phi) is 4.97. The third-order valence-corrected chi connectivity index (χ3v) is 7.73. The van der Waals surface area contributed by atoms with Gasteiger partial charge in [0.25, 0.3) is 0 Å². The average molecular weight is 401 g/mol. The van der Waals surface area contributed by atoms with Gasteiger partial charge in [0.05, 0.1) is 26.9 Å². The Bertz CT molecular complexity index is 1030. The summed E-state index contributed by atoms with van der Waals surface area (Å²) >= 11 is 1.61. The van der Waals surface area contributed by atoms with Crippen LogP contribution in [0.2, 0.25) is 0 Å². The van der Waals surface area contributed by atoms with E-state index in [4.69, 9.17) is 4.98 Å². The Labute approximate surface area is 162 Å². The first kappa shape index (κ1) is 18.1. The molecule has 1 atom stereocenters. The highest BCUT2D eigenvalue weighted by atomic mass is 32.2. The fourth-order valence-electron chi connectivity index (χ4n) is 3.47. The molecule has 1 saturated heterocycles. The monoisotopic (exact) mass is 400 g/mol. The number of para-hydroxylation sites is 1. The minimum absolute atomic E-state index is 0.00137. The lowest BCUT2D eigenvalue weighted by atomic mass is 10.2. The van der Waals surface area contributed by atoms with Crippen molar-refractivity contribution in [3.8, 4) is 0 Å². The van der Waals surface area contributed by atoms with Gasteiger partial charge in [0.1, 0.15) is 5.01 Å². The van der Waals surface area contributed by atoms with E-state index in [1.807, 2.05) is 24.3 Å². The summed E-state index contributed by atoms with van der Waals surface area (Å²) in [6, 6.07) is 16.2. The summed E-state index contributed by atoms with van der Waals surface area (Å²) in [5, 5.41) is 0.938. The van der Waals surface area contributed by atoms with Gasteiger partial charge < -0.3 is 4.90 Å². The largest absolute Gasteiger partial charge is 0.333 e. The summed E-state index contributed by atoms with van der Waals surface area (Å²) in [6.07, 6.45) is 1.79. The van der Waals surface area contributed by atoms with Crippen LogP contribution in [0.3, 0.4) is 0 Å². The van der Waals surface area contributed by atoms with Crippen molar-refractivity contribution in [1.82, 2.24) is 9.88 Å². The Morgan fingerprint density at radius 2 is 1.85 bits per heavy atom. The second kappa shape index (κ2) is 7.40. The fourth-order valence-corrected chi connectivity index (χ4v) is 5.83. The van der Waals surface area contributed by atoms with Crippen LogP contribution in [0.15, 0.2) is 59.5 Å². The van der Waals surface area contributed by atoms with E-state index in [0.717, 1.165) is 28.1 Å². The normalized spacial score (nSPS) is 17.5. The highest BCUT2D eigenvalue weighted by Gasteiger charge is 2.32. The molecule has 0 N–H and O–H groups in total. The molecule has 4 rings (SSSR count). The van der Waals surface area contributed by atoms with E-state index in [2.05, 4.69) is 0 Å². The van der Waals surface area contributed by atoms with Crippen LogP contribution in [0.4, 0.5) is 0 Å². The second-order valence-electron chi connectivity index (χ2n) is 6.65. The van der Waals surface area contributed by atoms with Crippen LogP contribution in [0.1, 0.15) is 30.3 Å². The molecule has 1 aromatic heterocycles. The highest BCUT2D eigenvalue weighted by Crippen LogP contribution is 2.36. The molecular weight excluding hydrogens is 380 g/mol. The predicted octanol–water partition coefficient (Wildman–Crippen LogP) is 3.82. The quantitative estimate of drug-likeness (QED) is 0.653. The first-order valence-electron chi connectivity index (χ1n) is 8.97. The molecule has 27 heavy (non-hydrogen) atoms. The summed E-state index contributed by atoms with van der Waals surface area (Å²) < 4.78 is 26.0. The lowest BCUT2D eigenvalue weighted by Gasteiger charge is -2.23. The van der Waals surface area contributed by atoms with Gasteiger partial charge in [-0.05, 0) is 37.1 Å². The molecule has 5 nitrogen and oxygen atoms in total. The number of benzene rings is 2. The number of amides is 1. The molecule has 0 spiro atoms. The number of aromatic nitrogens is 1. The van der Waals surface area contributed by atoms with Crippen LogP contribution < -0.4 is 0 Å². The molecule has 0 aliphatic carbocycles. The Balaban J connectivity index is 1.48. The zero-order valence-electron chi connectivity index (χ0n) is 14.7. The Morgan fingerprint density at radius 3 is 2.63 bits per heavy atom. The predicted molar refractivity (Wildman–Crippen MR) is 106 cm³/mol. The third kappa shape index (κ3) is 3.75. The minimum Gasteiger partial charge on any atom is -0.333 e. The molecule has 0 saturated carbocycles. The van der Waals surface area contributed by atoms with Crippen LogP contribution in [0, 0.1) is 0 Å². The smallest absolute Gasteiger partial charge is 0.224 e. The average Bonchev–Trinajstić information content (AvgIpc) is 3.33. The molecule has 0 unspecified atom stereocenters. The van der Waals surface area contributed by atoms with Crippen LogP contribution >= 0.6 is 11.3 Å². The zero-order chi connectivity index (χ0) is 18.9. The third-order valence-electron chi connectivity index (χ3n) is 4.86. The van der Waals surface area contributed by atoms with Gasteiger partial charge in [-0.2, -0.15) is 0 Å². The van der Waals surface area contributed by atoms with Crippen molar-refractivity contribution in [1.29, 1.82) is 0 Å². The minimum atomic E-state index is -3.45. The number of rotatable bonds is 5. The molecule has 1 aliphatic rings. The van der Waals surface area contributed by atoms with Gasteiger partial charge in [0.15, 0.2) is 9.84 Å². The topological polar surface area (TPSA) is 67.3 Å². The van der Waals surface area contributed by atoms with Crippen LogP contribution in [0.5, 0.6) is 0 Å². The van der Waals surface area contributed by atoms with Crippen molar-refractivity contribution in [2.24, 2.45) is 0 Å². The molecule has 7 heteroatoms. The number of hydrogen-bond donors (Lipinski definition) is 0. The number of likely N-dealkylation sites (tertiary alicyclic amines) is 1. The molecule has 0 bridgehead atoms. The molecule has 1 fully saturated rings. The lowest BCUT2D eigenvalue weighted by molar-refractivity contribution is -0.131. The molecule has 0 radical (unpaired) electrons. The van der Waals surface area contributed by atoms with Crippen molar-refractivity contribution in [2.75, 3.05) is 12.3 Å². The van der Waals surface area contributed by atoms with E-state index in [-0.39, 0.29) is 29.0 Å². The summed E-state index contributed by atoms with van der Waals surface area (Å²) in [5.74, 6) is -0.282. The number of carbonyl (C=O) groups is 1. The first-order chi connectivity index (χ1) is 13.0. The van der Waals surface area contributed by atoms with Crippen LogP contribution in [0.25, 0.3) is 10.2 Å². The van der Waals surface area contributed by atoms with Gasteiger partial charge in [-0.15, -0.1) is 11.3 Å². The van der Waals surface area contributed by atoms with Crippen molar-refractivity contribution >= 4 is 37.3 Å². The number of fused-ring (bicyclic) bond motifs is 1. The molecule has 2 heterocycles. The summed E-state index contributed by atoms with van der Waals surface area (Å²) in [6.45, 7) is 0.658. The Hall–Kier alpha value is -2.25. The van der Waals surface area contributed by atoms with E-state index in [9.17, 15) is 13.2 Å². The standard InChI is InChI=1S/C20H20N2O3S2/c23-19(12-14-27(24,25)15-7-2-1-3-8-15)22-13-6-10-17(22)20-21-16-9-4-5-11-18(16)26-20/h1-5,7-9,11,17H,6,10,12-14H2/t17-/m1/s1. The maximum Gasteiger partial charge on any atom is 0.224 e. The molecule has 1 amide bonds. The molecular formula is C20H20N2O3S2. The second-order valence-corrected chi connectivity index (χ2v) is 9.82. The van der Waals surface area contributed by atoms with Crippen molar-refractivity contribution in [2.45, 2.75) is 30.2 Å². The van der Waals surface area contributed by atoms with Crippen molar-refractivity contribution in [3.63, 3.8) is 0 Å². The summed E-state index contributed by atoms with van der Waals surface area (Å²) in [4.78, 5) is 19.5. The van der Waals surface area contributed by atoms with E-state index in [0.29, 0.717) is 6.54 Å². The van der Waals surface area contributed by atoms with E-state index >= 15 is 0 Å². The van der Waals surface area contributed by atoms with Crippen molar-refractivity contribution < 1.29 is 13.2 Å². The van der Waals surface area contributed by atoms with Gasteiger partial charge >= 0.3 is 0 Å². The molecule has 1 aliphatic heterocycles. The van der Waals surface area contributed by atoms with Gasteiger partial charge in [-0.3, -0.25) is 4.79 Å². The van der Waals surface area contributed by atoms with Gasteiger partial charge in [0.2, 0.25) is 5.91 Å². The number of nitrogens with zero attached hydrogens (tertiary/aromatic N) is 2. The number of carbonyl (C=O) groups excluding carboxylic acids is 1. The number of hydrogen-bond acceptors (Lipinski definition) is 5. The number of thiazole rings is 1. The molecule has 140 valence electrons. The van der Waals surface area contributed by atoms with Crippen LogP contribution in [-0.4, -0.2) is 36.5 Å². The zero-order valence-corrected chi connectivity index (χ0v) is 16.4. The van der Waals surface area contributed by atoms with Crippen LogP contribution in [-0.2, 0) is 14.6 Å². The van der Waals surface area contributed by atoms with Crippen molar-refractivity contribution in [3.05, 3.63) is 59.6 Å². The maximum absolute atomic E-state index is 12.8. The summed E-state index contributed by atoms with van der Waals surface area (Å²) in [5.41, 5.74) is 0.948. The van der Waals surface area contributed by atoms with Gasteiger partial charge in [0, 0.05) is 13.0 Å². The van der Waals surface area contributed by atoms with Gasteiger partial charge in [-0.1, -0.05) is 30.3 Å². The summed E-state index contributed by atoms with van der Waals surface area (Å²) in [7, 11) is -3.45. The first-order valence-corrected chi connectivity index (χ1v) is 11.4. The maximum atomic E-state index is 12.8. The highest BCUT2D eigenvalue weighted by molar-refractivity contribution is 7.91. The molecule has 3 aromatic rings. The Morgan fingerprint density at radius 1 is 1.11 bits per heavy atom. The molecule has 2 aromatic carbocycles. The van der Waals surface area contributed by atoms with E-state index in [1.165, 1.54) is 0 Å². The lowest BCUT2D eigenvalue weighted by Crippen LogP contribution is -2.31. The van der Waals surface area contributed by atoms with E-state index < -0.39 is 9.84 Å². The van der Waals surface area contributed by atoms with E-state index in [1.54, 1.807) is 46.6 Å².